The van der Waals surface area contributed by atoms with Gasteiger partial charge >= 0.3 is 0 Å². The van der Waals surface area contributed by atoms with Crippen LogP contribution in [0.3, 0.4) is 0 Å². The Hall–Kier alpha value is -1.92. The third-order valence-electron chi connectivity index (χ3n) is 5.62. The standard InChI is InChI=1S/C20H29N3O3/c21-15-20(9-13-26-14-10-20)19(25)22-17-6-3-16(4-7-17)5-8-18(24)23-11-1-2-12-23/h3-4,6-7H,1-2,5,8-15,21H2,(H,22,25). The largest absolute Gasteiger partial charge is 0.381 e. The molecule has 3 rings (SSSR count). The number of nitrogens with zero attached hydrogens (tertiary/aromatic N) is 1. The zero-order valence-electron chi connectivity index (χ0n) is 15.3. The lowest BCUT2D eigenvalue weighted by Gasteiger charge is -2.34. The molecule has 1 aromatic carbocycles. The molecule has 0 spiro atoms. The number of carbonyl (C=O) groups excluding carboxylic acids is 2. The Bertz CT molecular complexity index is 618. The molecule has 0 aromatic heterocycles. The lowest BCUT2D eigenvalue weighted by molar-refractivity contribution is -0.130. The lowest BCUT2D eigenvalue weighted by atomic mass is 9.79. The quantitative estimate of drug-likeness (QED) is 0.813. The first-order chi connectivity index (χ1) is 12.6. The van der Waals surface area contributed by atoms with Crippen molar-refractivity contribution in [2.75, 3.05) is 38.2 Å². The van der Waals surface area contributed by atoms with E-state index in [-0.39, 0.29) is 11.8 Å². The van der Waals surface area contributed by atoms with Crippen LogP contribution in [0.4, 0.5) is 5.69 Å². The minimum Gasteiger partial charge on any atom is -0.381 e. The van der Waals surface area contributed by atoms with Crippen molar-refractivity contribution in [3.8, 4) is 0 Å². The highest BCUT2D eigenvalue weighted by molar-refractivity contribution is 5.95. The smallest absolute Gasteiger partial charge is 0.232 e. The number of rotatable bonds is 6. The van der Waals surface area contributed by atoms with Crippen molar-refractivity contribution in [2.45, 2.75) is 38.5 Å². The molecule has 0 aliphatic carbocycles. The van der Waals surface area contributed by atoms with Crippen molar-refractivity contribution in [3.05, 3.63) is 29.8 Å². The van der Waals surface area contributed by atoms with Gasteiger partial charge < -0.3 is 20.7 Å². The maximum atomic E-state index is 12.7. The molecule has 2 saturated heterocycles. The molecule has 2 aliphatic rings. The van der Waals surface area contributed by atoms with E-state index in [0.717, 1.165) is 43.6 Å². The fourth-order valence-corrected chi connectivity index (χ4v) is 3.68. The topological polar surface area (TPSA) is 84.7 Å². The van der Waals surface area contributed by atoms with Gasteiger partial charge in [-0.25, -0.2) is 0 Å². The number of likely N-dealkylation sites (tertiary alicyclic amines) is 1. The second-order valence-electron chi connectivity index (χ2n) is 7.34. The van der Waals surface area contributed by atoms with Gasteiger partial charge in [-0.3, -0.25) is 9.59 Å². The Morgan fingerprint density at radius 1 is 1.12 bits per heavy atom. The van der Waals surface area contributed by atoms with Crippen molar-refractivity contribution in [3.63, 3.8) is 0 Å². The molecule has 6 heteroatoms. The van der Waals surface area contributed by atoms with E-state index in [2.05, 4.69) is 5.32 Å². The van der Waals surface area contributed by atoms with Crippen LogP contribution in [0.25, 0.3) is 0 Å². The number of amides is 2. The molecule has 142 valence electrons. The van der Waals surface area contributed by atoms with Crippen LogP contribution in [0.2, 0.25) is 0 Å². The molecular weight excluding hydrogens is 330 g/mol. The van der Waals surface area contributed by atoms with Gasteiger partial charge in [0.1, 0.15) is 0 Å². The van der Waals surface area contributed by atoms with E-state index in [1.54, 1.807) is 0 Å². The molecule has 2 heterocycles. The summed E-state index contributed by atoms with van der Waals surface area (Å²) in [5.41, 5.74) is 7.23. The Morgan fingerprint density at radius 3 is 2.38 bits per heavy atom. The summed E-state index contributed by atoms with van der Waals surface area (Å²) in [6, 6.07) is 7.76. The van der Waals surface area contributed by atoms with Crippen molar-refractivity contribution in [2.24, 2.45) is 11.1 Å². The van der Waals surface area contributed by atoms with Crippen LogP contribution in [0, 0.1) is 5.41 Å². The summed E-state index contributed by atoms with van der Waals surface area (Å²) in [5.74, 6) is 0.213. The van der Waals surface area contributed by atoms with E-state index in [0.29, 0.717) is 39.0 Å². The summed E-state index contributed by atoms with van der Waals surface area (Å²) in [6.07, 6.45) is 4.83. The molecule has 2 aliphatic heterocycles. The number of aryl methyl sites for hydroxylation is 1. The SMILES string of the molecule is NCC1(C(=O)Nc2ccc(CCC(=O)N3CCCC3)cc2)CCOCC1. The number of benzene rings is 1. The van der Waals surface area contributed by atoms with E-state index < -0.39 is 5.41 Å². The molecule has 0 saturated carbocycles. The highest BCUT2D eigenvalue weighted by Gasteiger charge is 2.38. The number of nitrogens with one attached hydrogen (secondary N) is 1. The molecular formula is C20H29N3O3. The highest BCUT2D eigenvalue weighted by Crippen LogP contribution is 2.31. The van der Waals surface area contributed by atoms with Crippen molar-refractivity contribution in [1.82, 2.24) is 4.90 Å². The van der Waals surface area contributed by atoms with Crippen molar-refractivity contribution >= 4 is 17.5 Å². The van der Waals surface area contributed by atoms with E-state index >= 15 is 0 Å². The van der Waals surface area contributed by atoms with Crippen LogP contribution in [0.5, 0.6) is 0 Å². The molecule has 26 heavy (non-hydrogen) atoms. The summed E-state index contributed by atoms with van der Waals surface area (Å²) in [4.78, 5) is 26.7. The summed E-state index contributed by atoms with van der Waals surface area (Å²) in [6.45, 7) is 3.29. The van der Waals surface area contributed by atoms with Gasteiger partial charge in [-0.15, -0.1) is 0 Å². The van der Waals surface area contributed by atoms with E-state index in [1.165, 1.54) is 0 Å². The molecule has 1 aromatic rings. The highest BCUT2D eigenvalue weighted by atomic mass is 16.5. The Labute approximate surface area is 155 Å². The third kappa shape index (κ3) is 4.43. The van der Waals surface area contributed by atoms with Crippen LogP contribution < -0.4 is 11.1 Å². The predicted molar refractivity (Wildman–Crippen MR) is 101 cm³/mol. The van der Waals surface area contributed by atoms with Gasteiger partial charge in [0, 0.05) is 45.0 Å². The maximum absolute atomic E-state index is 12.7. The number of ether oxygens (including phenoxy) is 1. The van der Waals surface area contributed by atoms with Crippen LogP contribution in [-0.2, 0) is 20.7 Å². The Balaban J connectivity index is 1.52. The van der Waals surface area contributed by atoms with Gasteiger partial charge in [0.25, 0.3) is 0 Å². The zero-order valence-corrected chi connectivity index (χ0v) is 15.3. The van der Waals surface area contributed by atoms with E-state index in [1.807, 2.05) is 29.2 Å². The normalized spacial score (nSPS) is 19.3. The van der Waals surface area contributed by atoms with Gasteiger partial charge in [-0.1, -0.05) is 12.1 Å². The van der Waals surface area contributed by atoms with Crippen LogP contribution in [-0.4, -0.2) is 49.6 Å². The lowest BCUT2D eigenvalue weighted by Crippen LogP contribution is -2.46. The van der Waals surface area contributed by atoms with Gasteiger partial charge in [0.15, 0.2) is 0 Å². The molecule has 6 nitrogen and oxygen atoms in total. The summed E-state index contributed by atoms with van der Waals surface area (Å²) in [7, 11) is 0. The molecule has 3 N–H and O–H groups in total. The first-order valence-corrected chi connectivity index (χ1v) is 9.59. The van der Waals surface area contributed by atoms with Crippen LogP contribution in [0.15, 0.2) is 24.3 Å². The minimum absolute atomic E-state index is 0.0275. The Morgan fingerprint density at radius 2 is 1.77 bits per heavy atom. The fraction of sp³-hybridized carbons (Fsp3) is 0.600. The molecule has 2 fully saturated rings. The molecule has 0 unspecified atom stereocenters. The molecule has 0 bridgehead atoms. The first-order valence-electron chi connectivity index (χ1n) is 9.59. The number of nitrogens with two attached hydrogens (primary N) is 1. The average Bonchev–Trinajstić information content (AvgIpc) is 3.22. The van der Waals surface area contributed by atoms with Crippen molar-refractivity contribution in [1.29, 1.82) is 0 Å². The van der Waals surface area contributed by atoms with E-state index in [9.17, 15) is 9.59 Å². The minimum atomic E-state index is -0.529. The molecule has 0 atom stereocenters. The summed E-state index contributed by atoms with van der Waals surface area (Å²) >= 11 is 0. The van der Waals surface area contributed by atoms with Gasteiger partial charge in [-0.2, -0.15) is 0 Å². The van der Waals surface area contributed by atoms with Crippen molar-refractivity contribution < 1.29 is 14.3 Å². The number of anilines is 1. The second kappa shape index (κ2) is 8.64. The average molecular weight is 359 g/mol. The molecule has 0 radical (unpaired) electrons. The summed E-state index contributed by atoms with van der Waals surface area (Å²) in [5, 5.41) is 2.99. The first kappa shape index (κ1) is 18.9. The van der Waals surface area contributed by atoms with Gasteiger partial charge in [0.2, 0.25) is 11.8 Å². The number of carbonyl (C=O) groups is 2. The molecule has 2 amide bonds. The van der Waals surface area contributed by atoms with Crippen LogP contribution >= 0.6 is 0 Å². The number of hydrogen-bond acceptors (Lipinski definition) is 4. The maximum Gasteiger partial charge on any atom is 0.232 e. The second-order valence-corrected chi connectivity index (χ2v) is 7.34. The third-order valence-corrected chi connectivity index (χ3v) is 5.62. The Kier molecular flexibility index (Phi) is 6.27. The van der Waals surface area contributed by atoms with Crippen LogP contribution in [0.1, 0.15) is 37.7 Å². The monoisotopic (exact) mass is 359 g/mol. The van der Waals surface area contributed by atoms with E-state index in [4.69, 9.17) is 10.5 Å². The number of hydrogen-bond donors (Lipinski definition) is 2. The van der Waals surface area contributed by atoms with Gasteiger partial charge in [0.05, 0.1) is 5.41 Å². The fourth-order valence-electron chi connectivity index (χ4n) is 3.68. The zero-order chi connectivity index (χ0) is 18.4. The summed E-state index contributed by atoms with van der Waals surface area (Å²) < 4.78 is 5.36. The predicted octanol–water partition coefficient (Wildman–Crippen LogP) is 1.94. The van der Waals surface area contributed by atoms with Gasteiger partial charge in [-0.05, 0) is 49.8 Å².